The molecular formula is C19H23N3O2S. The fourth-order valence-electron chi connectivity index (χ4n) is 3.49. The molecule has 1 aromatic carbocycles. The molecule has 2 aromatic rings. The molecule has 2 aliphatic rings. The molecule has 0 atom stereocenters. The number of para-hydroxylation sites is 1. The van der Waals surface area contributed by atoms with Crippen molar-refractivity contribution in [3.05, 3.63) is 29.6 Å². The normalized spacial score (nSPS) is 18.9. The maximum Gasteiger partial charge on any atom is 0.229 e. The summed E-state index contributed by atoms with van der Waals surface area (Å²) in [5.74, 6) is 1.00. The summed E-state index contributed by atoms with van der Waals surface area (Å²) in [5.41, 5.74) is 1.78. The Balaban J connectivity index is 1.38. The zero-order valence-corrected chi connectivity index (χ0v) is 15.2. The van der Waals surface area contributed by atoms with Crippen molar-refractivity contribution < 1.29 is 9.53 Å². The van der Waals surface area contributed by atoms with Crippen molar-refractivity contribution in [2.45, 2.75) is 31.7 Å². The lowest BCUT2D eigenvalue weighted by molar-refractivity contribution is -0.121. The van der Waals surface area contributed by atoms with Crippen molar-refractivity contribution in [1.29, 1.82) is 0 Å². The monoisotopic (exact) mass is 357 g/mol. The number of methoxy groups -OCH3 is 1. The average Bonchev–Trinajstić information content (AvgIpc) is 3.41. The molecule has 0 spiro atoms. The van der Waals surface area contributed by atoms with Crippen LogP contribution in [0.25, 0.3) is 11.3 Å². The second-order valence-corrected chi connectivity index (χ2v) is 7.63. The number of hydrogen-bond acceptors (Lipinski definition) is 5. The minimum absolute atomic E-state index is 0.105. The molecule has 132 valence electrons. The van der Waals surface area contributed by atoms with E-state index in [4.69, 9.17) is 4.74 Å². The number of carbonyl (C=O) groups is 1. The van der Waals surface area contributed by atoms with E-state index >= 15 is 0 Å². The average molecular weight is 357 g/mol. The zero-order valence-electron chi connectivity index (χ0n) is 14.4. The van der Waals surface area contributed by atoms with Crippen LogP contribution in [-0.4, -0.2) is 42.0 Å². The first-order valence-corrected chi connectivity index (χ1v) is 9.76. The van der Waals surface area contributed by atoms with Crippen molar-refractivity contribution >= 4 is 22.4 Å². The highest BCUT2D eigenvalue weighted by Crippen LogP contribution is 2.33. The summed E-state index contributed by atoms with van der Waals surface area (Å²) in [5, 5.41) is 5.63. The van der Waals surface area contributed by atoms with Crippen LogP contribution in [0.2, 0.25) is 0 Å². The van der Waals surface area contributed by atoms with Crippen LogP contribution in [0, 0.1) is 5.92 Å². The molecule has 1 saturated heterocycles. The van der Waals surface area contributed by atoms with E-state index in [0.717, 1.165) is 49.0 Å². The standard InChI is InChI=1S/C19H23N3O2S/c1-24-17-5-3-2-4-15(17)16-12-25-19(20-16)21-18(23)13-8-10-22(11-9-13)14-6-7-14/h2-5,12-14H,6-11H2,1H3,(H,20,21,23). The summed E-state index contributed by atoms with van der Waals surface area (Å²) in [7, 11) is 1.65. The summed E-state index contributed by atoms with van der Waals surface area (Å²) in [4.78, 5) is 19.6. The SMILES string of the molecule is COc1ccccc1-c1csc(NC(=O)C2CCN(C3CC3)CC2)n1. The molecular weight excluding hydrogens is 334 g/mol. The number of aromatic nitrogens is 1. The fraction of sp³-hybridized carbons (Fsp3) is 0.474. The van der Waals surface area contributed by atoms with Crippen LogP contribution in [0.4, 0.5) is 5.13 Å². The van der Waals surface area contributed by atoms with Crippen LogP contribution >= 0.6 is 11.3 Å². The van der Waals surface area contributed by atoms with E-state index in [9.17, 15) is 4.79 Å². The zero-order chi connectivity index (χ0) is 17.2. The summed E-state index contributed by atoms with van der Waals surface area (Å²) in [6.45, 7) is 2.10. The molecule has 2 heterocycles. The van der Waals surface area contributed by atoms with Crippen LogP contribution in [-0.2, 0) is 4.79 Å². The third kappa shape index (κ3) is 3.70. The van der Waals surface area contributed by atoms with Gasteiger partial charge in [-0.2, -0.15) is 0 Å². The maximum absolute atomic E-state index is 12.5. The van der Waals surface area contributed by atoms with Gasteiger partial charge in [0.05, 0.1) is 12.8 Å². The Hall–Kier alpha value is -1.92. The molecule has 1 saturated carbocycles. The first kappa shape index (κ1) is 16.5. The summed E-state index contributed by atoms with van der Waals surface area (Å²) in [6.07, 6.45) is 4.57. The highest BCUT2D eigenvalue weighted by atomic mass is 32.1. The molecule has 4 rings (SSSR count). The second-order valence-electron chi connectivity index (χ2n) is 6.77. The molecule has 2 fully saturated rings. The number of hydrogen-bond donors (Lipinski definition) is 1. The predicted octanol–water partition coefficient (Wildman–Crippen LogP) is 3.63. The molecule has 6 heteroatoms. The molecule has 1 amide bonds. The number of likely N-dealkylation sites (tertiary alicyclic amines) is 1. The Morgan fingerprint density at radius 3 is 2.72 bits per heavy atom. The molecule has 1 aliphatic heterocycles. The van der Waals surface area contributed by atoms with Crippen LogP contribution in [0.3, 0.4) is 0 Å². The minimum Gasteiger partial charge on any atom is -0.496 e. The smallest absolute Gasteiger partial charge is 0.229 e. The van der Waals surface area contributed by atoms with Crippen LogP contribution in [0.1, 0.15) is 25.7 Å². The lowest BCUT2D eigenvalue weighted by Gasteiger charge is -2.31. The van der Waals surface area contributed by atoms with Crippen molar-refractivity contribution in [2.24, 2.45) is 5.92 Å². The number of thiazole rings is 1. The van der Waals surface area contributed by atoms with Gasteiger partial charge < -0.3 is 15.0 Å². The number of piperidine rings is 1. The lowest BCUT2D eigenvalue weighted by atomic mass is 9.96. The highest BCUT2D eigenvalue weighted by molar-refractivity contribution is 7.14. The molecule has 0 unspecified atom stereocenters. The van der Waals surface area contributed by atoms with E-state index < -0.39 is 0 Å². The van der Waals surface area contributed by atoms with Crippen LogP contribution in [0.5, 0.6) is 5.75 Å². The molecule has 0 bridgehead atoms. The van der Waals surface area contributed by atoms with E-state index in [1.165, 1.54) is 24.2 Å². The van der Waals surface area contributed by atoms with Crippen LogP contribution < -0.4 is 10.1 Å². The van der Waals surface area contributed by atoms with E-state index in [-0.39, 0.29) is 11.8 Å². The Morgan fingerprint density at radius 2 is 2.00 bits per heavy atom. The predicted molar refractivity (Wildman–Crippen MR) is 100 cm³/mol. The van der Waals surface area contributed by atoms with Gasteiger partial charge in [0.25, 0.3) is 0 Å². The number of benzene rings is 1. The molecule has 5 nitrogen and oxygen atoms in total. The number of amides is 1. The van der Waals surface area contributed by atoms with Crippen molar-refractivity contribution in [3.8, 4) is 17.0 Å². The van der Waals surface area contributed by atoms with Gasteiger partial charge in [0.2, 0.25) is 5.91 Å². The first-order chi connectivity index (χ1) is 12.2. The van der Waals surface area contributed by atoms with Gasteiger partial charge in [-0.05, 0) is 50.9 Å². The van der Waals surface area contributed by atoms with Crippen molar-refractivity contribution in [2.75, 3.05) is 25.5 Å². The number of nitrogens with zero attached hydrogens (tertiary/aromatic N) is 2. The number of anilines is 1. The van der Waals surface area contributed by atoms with E-state index in [0.29, 0.717) is 5.13 Å². The second kappa shape index (κ2) is 7.14. The summed E-state index contributed by atoms with van der Waals surface area (Å²) >= 11 is 1.46. The van der Waals surface area contributed by atoms with Gasteiger partial charge in [0, 0.05) is 22.9 Å². The van der Waals surface area contributed by atoms with Gasteiger partial charge in [0.15, 0.2) is 5.13 Å². The van der Waals surface area contributed by atoms with Crippen LogP contribution in [0.15, 0.2) is 29.6 Å². The Labute approximate surface area is 152 Å². The third-order valence-electron chi connectivity index (χ3n) is 5.08. The van der Waals surface area contributed by atoms with Gasteiger partial charge in [0.1, 0.15) is 5.75 Å². The quantitative estimate of drug-likeness (QED) is 0.888. The Bertz CT molecular complexity index is 749. The summed E-state index contributed by atoms with van der Waals surface area (Å²) in [6, 6.07) is 8.59. The fourth-order valence-corrected chi connectivity index (χ4v) is 4.20. The largest absolute Gasteiger partial charge is 0.496 e. The number of nitrogens with one attached hydrogen (secondary N) is 1. The van der Waals surface area contributed by atoms with Gasteiger partial charge >= 0.3 is 0 Å². The van der Waals surface area contributed by atoms with Crippen molar-refractivity contribution in [3.63, 3.8) is 0 Å². The molecule has 1 N–H and O–H groups in total. The molecule has 0 radical (unpaired) electrons. The third-order valence-corrected chi connectivity index (χ3v) is 5.84. The van der Waals surface area contributed by atoms with Gasteiger partial charge in [-0.25, -0.2) is 4.98 Å². The maximum atomic E-state index is 12.5. The molecule has 1 aliphatic carbocycles. The first-order valence-electron chi connectivity index (χ1n) is 8.88. The van der Waals surface area contributed by atoms with Crippen molar-refractivity contribution in [1.82, 2.24) is 9.88 Å². The van der Waals surface area contributed by atoms with E-state index in [2.05, 4.69) is 15.2 Å². The summed E-state index contributed by atoms with van der Waals surface area (Å²) < 4.78 is 5.39. The number of rotatable bonds is 5. The van der Waals surface area contributed by atoms with Gasteiger partial charge in [-0.1, -0.05) is 12.1 Å². The molecule has 25 heavy (non-hydrogen) atoms. The molecule has 1 aromatic heterocycles. The number of ether oxygens (including phenoxy) is 1. The number of carbonyl (C=O) groups excluding carboxylic acids is 1. The minimum atomic E-state index is 0.105. The topological polar surface area (TPSA) is 54.5 Å². The highest BCUT2D eigenvalue weighted by Gasteiger charge is 2.33. The lowest BCUT2D eigenvalue weighted by Crippen LogP contribution is -2.39. The van der Waals surface area contributed by atoms with E-state index in [1.807, 2.05) is 29.6 Å². The van der Waals surface area contributed by atoms with Gasteiger partial charge in [-0.3, -0.25) is 4.79 Å². The Morgan fingerprint density at radius 1 is 1.24 bits per heavy atom. The van der Waals surface area contributed by atoms with E-state index in [1.54, 1.807) is 7.11 Å². The van der Waals surface area contributed by atoms with Gasteiger partial charge in [-0.15, -0.1) is 11.3 Å². The Kier molecular flexibility index (Phi) is 4.72.